The average molecular weight is 351 g/mol. The van der Waals surface area contributed by atoms with Crippen molar-refractivity contribution in [3.63, 3.8) is 0 Å². The maximum Gasteiger partial charge on any atom is 0.573 e. The molecule has 0 heterocycles. The van der Waals surface area contributed by atoms with Crippen molar-refractivity contribution in [2.75, 3.05) is 17.6 Å². The molecule has 130 valence electrons. The minimum absolute atomic E-state index is 0.0445. The maximum atomic E-state index is 12.3. The van der Waals surface area contributed by atoms with Crippen LogP contribution in [0.2, 0.25) is 0 Å². The smallest absolute Gasteiger partial charge is 0.404 e. The first-order valence-electron chi connectivity index (χ1n) is 6.79. The van der Waals surface area contributed by atoms with Crippen LogP contribution in [-0.2, 0) is 10.8 Å². The van der Waals surface area contributed by atoms with E-state index in [1.54, 1.807) is 0 Å². The molecule has 0 aliphatic rings. The van der Waals surface area contributed by atoms with E-state index in [9.17, 15) is 17.4 Å². The van der Waals surface area contributed by atoms with Gasteiger partial charge in [-0.25, -0.2) is 0 Å². The second kappa shape index (κ2) is 7.67. The Morgan fingerprint density at radius 1 is 1.30 bits per heavy atom. The van der Waals surface area contributed by atoms with Crippen LogP contribution in [0.15, 0.2) is 29.3 Å². The normalized spacial score (nSPS) is 14.4. The van der Waals surface area contributed by atoms with Crippen LogP contribution in [0.3, 0.4) is 0 Å². The number of hydrogen-bond acceptors (Lipinski definition) is 3. The molecule has 23 heavy (non-hydrogen) atoms. The number of para-hydroxylation sites is 2. The van der Waals surface area contributed by atoms with Crippen LogP contribution in [0.25, 0.3) is 0 Å². The highest BCUT2D eigenvalue weighted by molar-refractivity contribution is 7.86. The summed E-state index contributed by atoms with van der Waals surface area (Å²) in [5.74, 6) is -0.169. The number of benzene rings is 1. The number of nitrogens with one attached hydrogen (secondary N) is 1. The highest BCUT2D eigenvalue weighted by atomic mass is 32.2. The fourth-order valence-electron chi connectivity index (χ4n) is 1.52. The molecule has 0 spiro atoms. The summed E-state index contributed by atoms with van der Waals surface area (Å²) in [4.78, 5) is 3.96. The molecule has 0 saturated heterocycles. The number of anilines is 1. The van der Waals surface area contributed by atoms with Crippen LogP contribution in [-0.4, -0.2) is 33.6 Å². The molecule has 9 heteroatoms. The molecule has 0 aliphatic carbocycles. The SMILES string of the molecule is CC(C)(C)S(=O)CCN=C(N)Nc1ccccc1OC(F)(F)F. The van der Waals surface area contributed by atoms with Crippen molar-refractivity contribution < 1.29 is 22.1 Å². The van der Waals surface area contributed by atoms with E-state index in [0.29, 0.717) is 5.75 Å². The Bertz CT molecular complexity index is 583. The lowest BCUT2D eigenvalue weighted by molar-refractivity contribution is -0.274. The molecular weight excluding hydrogens is 331 g/mol. The van der Waals surface area contributed by atoms with E-state index in [2.05, 4.69) is 15.0 Å². The van der Waals surface area contributed by atoms with Gasteiger partial charge in [-0.3, -0.25) is 9.20 Å². The van der Waals surface area contributed by atoms with E-state index in [4.69, 9.17) is 5.73 Å². The minimum Gasteiger partial charge on any atom is -0.404 e. The Labute approximate surface area is 135 Å². The molecule has 0 radical (unpaired) electrons. The van der Waals surface area contributed by atoms with Gasteiger partial charge in [-0.1, -0.05) is 12.1 Å². The zero-order valence-electron chi connectivity index (χ0n) is 13.1. The van der Waals surface area contributed by atoms with Crippen LogP contribution in [0, 0.1) is 0 Å². The number of nitrogens with two attached hydrogens (primary N) is 1. The first-order valence-corrected chi connectivity index (χ1v) is 8.11. The summed E-state index contributed by atoms with van der Waals surface area (Å²) in [6, 6.07) is 5.49. The lowest BCUT2D eigenvalue weighted by atomic mass is 10.3. The number of nitrogens with zero attached hydrogens (tertiary/aromatic N) is 1. The van der Waals surface area contributed by atoms with Gasteiger partial charge in [0.2, 0.25) is 0 Å². The van der Waals surface area contributed by atoms with Crippen LogP contribution in [0.5, 0.6) is 5.75 Å². The van der Waals surface area contributed by atoms with Crippen molar-refractivity contribution in [2.45, 2.75) is 31.9 Å². The Hall–Kier alpha value is -1.77. The third-order valence-corrected chi connectivity index (χ3v) is 4.54. The van der Waals surface area contributed by atoms with Crippen molar-refractivity contribution in [1.29, 1.82) is 0 Å². The second-order valence-corrected chi connectivity index (χ2v) is 7.92. The predicted molar refractivity (Wildman–Crippen MR) is 86.0 cm³/mol. The van der Waals surface area contributed by atoms with Gasteiger partial charge in [0.25, 0.3) is 0 Å². The molecule has 3 N–H and O–H groups in total. The number of guanidine groups is 1. The monoisotopic (exact) mass is 351 g/mol. The number of aliphatic imine (C=N–C) groups is 1. The number of ether oxygens (including phenoxy) is 1. The van der Waals surface area contributed by atoms with Gasteiger partial charge in [-0.15, -0.1) is 13.2 Å². The van der Waals surface area contributed by atoms with Gasteiger partial charge in [-0.2, -0.15) is 0 Å². The van der Waals surface area contributed by atoms with Crippen molar-refractivity contribution in [2.24, 2.45) is 10.7 Å². The van der Waals surface area contributed by atoms with Gasteiger partial charge in [-0.05, 0) is 32.9 Å². The molecule has 0 fully saturated rings. The fourth-order valence-corrected chi connectivity index (χ4v) is 2.39. The second-order valence-electron chi connectivity index (χ2n) is 5.60. The van der Waals surface area contributed by atoms with E-state index in [1.807, 2.05) is 20.8 Å². The molecule has 1 aromatic carbocycles. The molecule has 0 bridgehead atoms. The number of hydrogen-bond donors (Lipinski definition) is 2. The number of alkyl halides is 3. The van der Waals surface area contributed by atoms with Gasteiger partial charge in [0.15, 0.2) is 11.7 Å². The summed E-state index contributed by atoms with van der Waals surface area (Å²) in [5, 5.41) is 2.55. The molecule has 0 aromatic heterocycles. The summed E-state index contributed by atoms with van der Waals surface area (Å²) in [6.07, 6.45) is -4.80. The molecule has 1 unspecified atom stereocenters. The van der Waals surface area contributed by atoms with Crippen LogP contribution in [0.1, 0.15) is 20.8 Å². The van der Waals surface area contributed by atoms with Crippen molar-refractivity contribution in [3.05, 3.63) is 24.3 Å². The predicted octanol–water partition coefficient (Wildman–Crippen LogP) is 2.86. The van der Waals surface area contributed by atoms with E-state index in [1.165, 1.54) is 18.2 Å². The first kappa shape index (κ1) is 19.3. The first-order chi connectivity index (χ1) is 10.5. The van der Waals surface area contributed by atoms with Crippen LogP contribution in [0.4, 0.5) is 18.9 Å². The van der Waals surface area contributed by atoms with Gasteiger partial charge in [0.1, 0.15) is 0 Å². The third-order valence-electron chi connectivity index (χ3n) is 2.62. The molecule has 0 saturated carbocycles. The zero-order chi connectivity index (χ0) is 17.7. The number of halogens is 3. The van der Waals surface area contributed by atoms with Crippen molar-refractivity contribution in [1.82, 2.24) is 0 Å². The minimum atomic E-state index is -4.80. The fraction of sp³-hybridized carbons (Fsp3) is 0.500. The van der Waals surface area contributed by atoms with Gasteiger partial charge < -0.3 is 15.8 Å². The summed E-state index contributed by atoms with van der Waals surface area (Å²) >= 11 is 0. The third kappa shape index (κ3) is 7.36. The average Bonchev–Trinajstić information content (AvgIpc) is 2.38. The van der Waals surface area contributed by atoms with Crippen LogP contribution >= 0.6 is 0 Å². The van der Waals surface area contributed by atoms with Gasteiger partial charge in [0, 0.05) is 21.3 Å². The van der Waals surface area contributed by atoms with Crippen molar-refractivity contribution in [3.8, 4) is 5.75 Å². The largest absolute Gasteiger partial charge is 0.573 e. The van der Waals surface area contributed by atoms with E-state index >= 15 is 0 Å². The Balaban J connectivity index is 2.69. The van der Waals surface area contributed by atoms with Crippen molar-refractivity contribution >= 4 is 22.4 Å². The Morgan fingerprint density at radius 2 is 1.91 bits per heavy atom. The molecular formula is C14H20F3N3O2S. The summed E-state index contributed by atoms with van der Waals surface area (Å²) in [6.45, 7) is 5.74. The molecule has 0 aliphatic heterocycles. The van der Waals surface area contributed by atoms with E-state index < -0.39 is 22.9 Å². The van der Waals surface area contributed by atoms with Gasteiger partial charge in [0.05, 0.1) is 12.2 Å². The highest BCUT2D eigenvalue weighted by Crippen LogP contribution is 2.29. The molecule has 1 aromatic rings. The topological polar surface area (TPSA) is 76.7 Å². The molecule has 5 nitrogen and oxygen atoms in total. The Kier molecular flexibility index (Phi) is 6.43. The quantitative estimate of drug-likeness (QED) is 0.632. The highest BCUT2D eigenvalue weighted by Gasteiger charge is 2.32. The van der Waals surface area contributed by atoms with E-state index in [0.717, 1.165) is 6.07 Å². The molecule has 0 amide bonds. The number of rotatable bonds is 5. The van der Waals surface area contributed by atoms with E-state index in [-0.39, 0.29) is 22.9 Å². The van der Waals surface area contributed by atoms with Crippen LogP contribution < -0.4 is 15.8 Å². The molecule has 1 atom stereocenters. The molecule has 1 rings (SSSR count). The Morgan fingerprint density at radius 3 is 2.48 bits per heavy atom. The lowest BCUT2D eigenvalue weighted by Crippen LogP contribution is -2.27. The summed E-state index contributed by atoms with van der Waals surface area (Å²) < 4.78 is 52.3. The van der Waals surface area contributed by atoms with Gasteiger partial charge >= 0.3 is 6.36 Å². The zero-order valence-corrected chi connectivity index (χ0v) is 13.9. The standard InChI is InChI=1S/C14H20F3N3O2S/c1-13(2,3)23(21)9-8-19-12(18)20-10-6-4-5-7-11(10)22-14(15,16)17/h4-7H,8-9H2,1-3H3,(H3,18,19,20). The summed E-state index contributed by atoms with van der Waals surface area (Å²) in [5.41, 5.74) is 5.68. The summed E-state index contributed by atoms with van der Waals surface area (Å²) in [7, 11) is -1.08. The maximum absolute atomic E-state index is 12.3. The lowest BCUT2D eigenvalue weighted by Gasteiger charge is -2.17.